The lowest BCUT2D eigenvalue weighted by molar-refractivity contribution is 0.0913. The quantitative estimate of drug-likeness (QED) is 0.634. The highest BCUT2D eigenvalue weighted by Gasteiger charge is 2.20. The van der Waals surface area contributed by atoms with Crippen molar-refractivity contribution in [3.05, 3.63) is 54.6 Å². The molecule has 0 N–H and O–H groups in total. The van der Waals surface area contributed by atoms with Crippen molar-refractivity contribution in [1.29, 1.82) is 0 Å². The molecular weight excluding hydrogens is 280 g/mol. The van der Waals surface area contributed by atoms with Gasteiger partial charge in [0, 0.05) is 5.39 Å². The van der Waals surface area contributed by atoms with Crippen molar-refractivity contribution in [1.82, 2.24) is 0 Å². The number of rotatable bonds is 4. The summed E-state index contributed by atoms with van der Waals surface area (Å²) in [6.07, 6.45) is -0.0149. The van der Waals surface area contributed by atoms with E-state index in [0.29, 0.717) is 12.2 Å². The SMILES string of the molecule is CCCOC(=O)Oc1oc2ccccc2c1-c1ccccc1. The van der Waals surface area contributed by atoms with E-state index in [1.165, 1.54) is 0 Å². The summed E-state index contributed by atoms with van der Waals surface area (Å²) in [7, 11) is 0. The molecule has 4 nitrogen and oxygen atoms in total. The molecule has 2 aromatic carbocycles. The molecule has 0 atom stereocenters. The van der Waals surface area contributed by atoms with Crippen molar-refractivity contribution in [3.63, 3.8) is 0 Å². The van der Waals surface area contributed by atoms with Crippen LogP contribution in [0.1, 0.15) is 13.3 Å². The molecule has 0 aliphatic heterocycles. The number of furan rings is 1. The zero-order valence-electron chi connectivity index (χ0n) is 12.2. The Kier molecular flexibility index (Phi) is 4.10. The zero-order chi connectivity index (χ0) is 15.4. The number of benzene rings is 2. The first-order valence-electron chi connectivity index (χ1n) is 7.21. The monoisotopic (exact) mass is 296 g/mol. The van der Waals surface area contributed by atoms with Crippen LogP contribution in [0.2, 0.25) is 0 Å². The summed E-state index contributed by atoms with van der Waals surface area (Å²) in [6.45, 7) is 2.24. The highest BCUT2D eigenvalue weighted by molar-refractivity contribution is 5.97. The van der Waals surface area contributed by atoms with E-state index in [-0.39, 0.29) is 5.95 Å². The topological polar surface area (TPSA) is 48.7 Å². The van der Waals surface area contributed by atoms with E-state index in [4.69, 9.17) is 13.9 Å². The number of hydrogen-bond donors (Lipinski definition) is 0. The first-order chi connectivity index (χ1) is 10.8. The Morgan fingerprint density at radius 1 is 1.05 bits per heavy atom. The third-order valence-electron chi connectivity index (χ3n) is 3.23. The highest BCUT2D eigenvalue weighted by atomic mass is 16.8. The van der Waals surface area contributed by atoms with Crippen molar-refractivity contribution in [2.24, 2.45) is 0 Å². The second kappa shape index (κ2) is 6.35. The second-order valence-electron chi connectivity index (χ2n) is 4.83. The van der Waals surface area contributed by atoms with Crippen LogP contribution in [0.15, 0.2) is 59.0 Å². The average molecular weight is 296 g/mol. The minimum Gasteiger partial charge on any atom is -0.434 e. The molecule has 0 fully saturated rings. The molecule has 0 aliphatic carbocycles. The standard InChI is InChI=1S/C18H16O4/c1-2-12-20-18(19)22-17-16(13-8-4-3-5-9-13)14-10-6-7-11-15(14)21-17/h3-11H,2,12H2,1H3. The lowest BCUT2D eigenvalue weighted by atomic mass is 10.0. The van der Waals surface area contributed by atoms with Crippen molar-refractivity contribution >= 4 is 17.1 Å². The van der Waals surface area contributed by atoms with Gasteiger partial charge in [-0.2, -0.15) is 0 Å². The van der Waals surface area contributed by atoms with E-state index in [0.717, 1.165) is 22.9 Å². The minimum absolute atomic E-state index is 0.161. The van der Waals surface area contributed by atoms with Crippen LogP contribution < -0.4 is 4.74 Å². The molecule has 0 spiro atoms. The molecule has 3 rings (SSSR count). The first kappa shape index (κ1) is 14.2. The lowest BCUT2D eigenvalue weighted by Crippen LogP contribution is -2.11. The molecule has 112 valence electrons. The summed E-state index contributed by atoms with van der Waals surface area (Å²) in [5.41, 5.74) is 2.34. The van der Waals surface area contributed by atoms with E-state index in [9.17, 15) is 4.79 Å². The minimum atomic E-state index is -0.752. The van der Waals surface area contributed by atoms with E-state index >= 15 is 0 Å². The fourth-order valence-electron chi connectivity index (χ4n) is 2.26. The van der Waals surface area contributed by atoms with Crippen LogP contribution in [0, 0.1) is 0 Å². The van der Waals surface area contributed by atoms with Crippen LogP contribution in [0.25, 0.3) is 22.1 Å². The van der Waals surface area contributed by atoms with Crippen LogP contribution in [-0.4, -0.2) is 12.8 Å². The van der Waals surface area contributed by atoms with E-state index in [2.05, 4.69) is 0 Å². The number of carbonyl (C=O) groups is 1. The maximum Gasteiger partial charge on any atom is 0.516 e. The predicted molar refractivity (Wildman–Crippen MR) is 83.9 cm³/mol. The Morgan fingerprint density at radius 3 is 2.55 bits per heavy atom. The molecule has 0 unspecified atom stereocenters. The van der Waals surface area contributed by atoms with Gasteiger partial charge in [-0.1, -0.05) is 55.5 Å². The third kappa shape index (κ3) is 2.81. The van der Waals surface area contributed by atoms with Gasteiger partial charge in [0.15, 0.2) is 0 Å². The summed E-state index contributed by atoms with van der Waals surface area (Å²) < 4.78 is 15.9. The first-order valence-corrected chi connectivity index (χ1v) is 7.21. The second-order valence-corrected chi connectivity index (χ2v) is 4.83. The Bertz CT molecular complexity index is 774. The predicted octanol–water partition coefficient (Wildman–Crippen LogP) is 5.03. The lowest BCUT2D eigenvalue weighted by Gasteiger charge is -2.05. The number of para-hydroxylation sites is 1. The van der Waals surface area contributed by atoms with Crippen molar-refractivity contribution in [3.8, 4) is 17.1 Å². The molecule has 0 radical (unpaired) electrons. The molecule has 1 heterocycles. The number of carbonyl (C=O) groups excluding carboxylic acids is 1. The van der Waals surface area contributed by atoms with Crippen LogP contribution in [0.5, 0.6) is 5.95 Å². The Balaban J connectivity index is 2.04. The molecular formula is C18H16O4. The normalized spacial score (nSPS) is 10.6. The largest absolute Gasteiger partial charge is 0.516 e. The maximum absolute atomic E-state index is 11.7. The van der Waals surface area contributed by atoms with Gasteiger partial charge in [0.25, 0.3) is 0 Å². The fourth-order valence-corrected chi connectivity index (χ4v) is 2.26. The molecule has 0 saturated carbocycles. The fraction of sp³-hybridized carbons (Fsp3) is 0.167. The molecule has 22 heavy (non-hydrogen) atoms. The van der Waals surface area contributed by atoms with Gasteiger partial charge in [0.1, 0.15) is 5.58 Å². The average Bonchev–Trinajstić information content (AvgIpc) is 2.91. The van der Waals surface area contributed by atoms with Gasteiger partial charge in [-0.3, -0.25) is 0 Å². The molecule has 0 saturated heterocycles. The van der Waals surface area contributed by atoms with Crippen molar-refractivity contribution < 1.29 is 18.7 Å². The van der Waals surface area contributed by atoms with Gasteiger partial charge in [-0.25, -0.2) is 4.79 Å². The molecule has 1 aromatic heterocycles. The molecule has 4 heteroatoms. The van der Waals surface area contributed by atoms with Gasteiger partial charge >= 0.3 is 12.1 Å². The van der Waals surface area contributed by atoms with Gasteiger partial charge in [-0.05, 0) is 18.1 Å². The van der Waals surface area contributed by atoms with E-state index in [1.807, 2.05) is 61.5 Å². The summed E-state index contributed by atoms with van der Waals surface area (Å²) in [5, 5.41) is 0.895. The smallest absolute Gasteiger partial charge is 0.434 e. The molecule has 0 amide bonds. The number of fused-ring (bicyclic) bond motifs is 1. The Morgan fingerprint density at radius 2 is 1.77 bits per heavy atom. The zero-order valence-corrected chi connectivity index (χ0v) is 12.2. The van der Waals surface area contributed by atoms with Crippen molar-refractivity contribution in [2.45, 2.75) is 13.3 Å². The third-order valence-corrected chi connectivity index (χ3v) is 3.23. The van der Waals surface area contributed by atoms with Crippen molar-refractivity contribution in [2.75, 3.05) is 6.61 Å². The summed E-state index contributed by atoms with van der Waals surface area (Å²) in [4.78, 5) is 11.7. The molecule has 0 bridgehead atoms. The van der Waals surface area contributed by atoms with Gasteiger partial charge in [-0.15, -0.1) is 0 Å². The molecule has 3 aromatic rings. The summed E-state index contributed by atoms with van der Waals surface area (Å²) >= 11 is 0. The van der Waals surface area contributed by atoms with Crippen LogP contribution >= 0.6 is 0 Å². The van der Waals surface area contributed by atoms with Gasteiger partial charge in [0.2, 0.25) is 0 Å². The molecule has 0 aliphatic rings. The van der Waals surface area contributed by atoms with Crippen LogP contribution in [0.3, 0.4) is 0 Å². The Hall–Kier alpha value is -2.75. The highest BCUT2D eigenvalue weighted by Crippen LogP contribution is 2.40. The van der Waals surface area contributed by atoms with Gasteiger partial charge in [0.05, 0.1) is 12.2 Å². The van der Waals surface area contributed by atoms with Crippen LogP contribution in [0.4, 0.5) is 4.79 Å². The summed E-state index contributed by atoms with van der Waals surface area (Å²) in [5.74, 6) is 0.161. The van der Waals surface area contributed by atoms with Gasteiger partial charge < -0.3 is 13.9 Å². The van der Waals surface area contributed by atoms with E-state index in [1.54, 1.807) is 0 Å². The number of hydrogen-bond acceptors (Lipinski definition) is 4. The Labute approximate surface area is 128 Å². The van der Waals surface area contributed by atoms with E-state index < -0.39 is 6.16 Å². The summed E-state index contributed by atoms with van der Waals surface area (Å²) in [6, 6.07) is 17.2. The van der Waals surface area contributed by atoms with Crippen LogP contribution in [-0.2, 0) is 4.74 Å². The number of ether oxygens (including phenoxy) is 2. The maximum atomic E-state index is 11.7.